The Labute approximate surface area is 128 Å². The predicted octanol–water partition coefficient (Wildman–Crippen LogP) is 2.88. The molecule has 1 N–H and O–H groups in total. The number of nitrogens with zero attached hydrogens (tertiary/aromatic N) is 1. The van der Waals surface area contributed by atoms with Crippen LogP contribution >= 0.6 is 0 Å². The molecule has 3 aliphatic rings. The molecule has 3 atom stereocenters. The van der Waals surface area contributed by atoms with E-state index in [0.717, 1.165) is 5.92 Å². The SMILES string of the molecule is CN[C@H]1[C@H]2Cc3ccc(C)cc3[C@@]1(C)CCN2CC1CC1. The lowest BCUT2D eigenvalue weighted by Gasteiger charge is -2.55. The second kappa shape index (κ2) is 4.82. The Morgan fingerprint density at radius 3 is 2.86 bits per heavy atom. The van der Waals surface area contributed by atoms with Gasteiger partial charge in [-0.3, -0.25) is 4.90 Å². The Kier molecular flexibility index (Phi) is 3.16. The van der Waals surface area contributed by atoms with Crippen LogP contribution in [0.25, 0.3) is 0 Å². The number of likely N-dealkylation sites (N-methyl/N-ethyl adjacent to an activating group) is 1. The first-order valence-corrected chi connectivity index (χ1v) is 8.63. The lowest BCUT2D eigenvalue weighted by Crippen LogP contribution is -2.66. The number of hydrogen-bond donors (Lipinski definition) is 1. The molecule has 0 spiro atoms. The molecule has 1 saturated carbocycles. The van der Waals surface area contributed by atoms with E-state index in [1.54, 1.807) is 11.1 Å². The molecule has 2 bridgehead atoms. The highest BCUT2D eigenvalue weighted by Gasteiger charge is 2.50. The Morgan fingerprint density at radius 2 is 2.14 bits per heavy atom. The van der Waals surface area contributed by atoms with Gasteiger partial charge in [-0.2, -0.15) is 0 Å². The standard InChI is InChI=1S/C19H28N2/c1-13-4-7-15-11-17-18(20-3)19(2,16(15)10-13)8-9-21(17)12-14-5-6-14/h4,7,10,14,17-18,20H,5-6,8-9,11-12H2,1-3H3/t17-,18+,19-/m1/s1. The zero-order chi connectivity index (χ0) is 14.6. The van der Waals surface area contributed by atoms with Gasteiger partial charge < -0.3 is 5.32 Å². The van der Waals surface area contributed by atoms with Crippen molar-refractivity contribution in [2.24, 2.45) is 5.92 Å². The summed E-state index contributed by atoms with van der Waals surface area (Å²) >= 11 is 0. The number of fused-ring (bicyclic) bond motifs is 4. The Morgan fingerprint density at radius 1 is 1.33 bits per heavy atom. The van der Waals surface area contributed by atoms with Gasteiger partial charge in [0.2, 0.25) is 0 Å². The van der Waals surface area contributed by atoms with Crippen LogP contribution in [-0.4, -0.2) is 37.1 Å². The number of piperidine rings is 1. The van der Waals surface area contributed by atoms with E-state index in [-0.39, 0.29) is 0 Å². The van der Waals surface area contributed by atoms with Crippen molar-refractivity contribution in [1.29, 1.82) is 0 Å². The van der Waals surface area contributed by atoms with Crippen molar-refractivity contribution < 1.29 is 0 Å². The molecule has 1 heterocycles. The van der Waals surface area contributed by atoms with Crippen molar-refractivity contribution in [3.8, 4) is 0 Å². The molecule has 1 aromatic carbocycles. The molecule has 0 radical (unpaired) electrons. The van der Waals surface area contributed by atoms with E-state index in [1.165, 1.54) is 44.3 Å². The van der Waals surface area contributed by atoms with Gasteiger partial charge in [0.05, 0.1) is 0 Å². The maximum Gasteiger partial charge on any atom is 0.0318 e. The van der Waals surface area contributed by atoms with Gasteiger partial charge in [-0.05, 0) is 63.2 Å². The fourth-order valence-corrected chi connectivity index (χ4v) is 4.88. The van der Waals surface area contributed by atoms with Crippen LogP contribution in [0.4, 0.5) is 0 Å². The van der Waals surface area contributed by atoms with Crippen LogP contribution in [-0.2, 0) is 11.8 Å². The molecule has 0 aromatic heterocycles. The van der Waals surface area contributed by atoms with Gasteiger partial charge in [-0.25, -0.2) is 0 Å². The third-order valence-electron chi connectivity index (χ3n) is 6.27. The number of hydrogen-bond acceptors (Lipinski definition) is 2. The Hall–Kier alpha value is -0.860. The second-order valence-corrected chi connectivity index (χ2v) is 7.80. The number of benzene rings is 1. The molecule has 1 aromatic rings. The number of likely N-dealkylation sites (tertiary alicyclic amines) is 1. The van der Waals surface area contributed by atoms with Crippen molar-refractivity contribution >= 4 is 0 Å². The van der Waals surface area contributed by atoms with Crippen LogP contribution in [0.5, 0.6) is 0 Å². The van der Waals surface area contributed by atoms with Crippen molar-refractivity contribution in [3.05, 3.63) is 34.9 Å². The van der Waals surface area contributed by atoms with Crippen molar-refractivity contribution in [2.45, 2.75) is 57.0 Å². The van der Waals surface area contributed by atoms with Gasteiger partial charge in [0.1, 0.15) is 0 Å². The van der Waals surface area contributed by atoms with Gasteiger partial charge in [0.25, 0.3) is 0 Å². The average Bonchev–Trinajstić information content (AvgIpc) is 3.27. The first-order chi connectivity index (χ1) is 10.1. The van der Waals surface area contributed by atoms with E-state index in [0.29, 0.717) is 17.5 Å². The van der Waals surface area contributed by atoms with Crippen LogP contribution in [0.2, 0.25) is 0 Å². The summed E-state index contributed by atoms with van der Waals surface area (Å²) in [6, 6.07) is 8.42. The van der Waals surface area contributed by atoms with E-state index in [4.69, 9.17) is 0 Å². The van der Waals surface area contributed by atoms with Crippen molar-refractivity contribution in [1.82, 2.24) is 10.2 Å². The summed E-state index contributed by atoms with van der Waals surface area (Å²) in [6.07, 6.45) is 5.43. The summed E-state index contributed by atoms with van der Waals surface area (Å²) < 4.78 is 0. The first-order valence-electron chi connectivity index (χ1n) is 8.63. The minimum Gasteiger partial charge on any atom is -0.315 e. The fraction of sp³-hybridized carbons (Fsp3) is 0.684. The fourth-order valence-electron chi connectivity index (χ4n) is 4.88. The largest absolute Gasteiger partial charge is 0.315 e. The number of nitrogens with one attached hydrogen (secondary N) is 1. The topological polar surface area (TPSA) is 15.3 Å². The molecular weight excluding hydrogens is 256 g/mol. The maximum atomic E-state index is 3.69. The van der Waals surface area contributed by atoms with Gasteiger partial charge in [0, 0.05) is 24.0 Å². The van der Waals surface area contributed by atoms with Gasteiger partial charge in [-0.1, -0.05) is 30.7 Å². The number of aryl methyl sites for hydroxylation is 1. The normalized spacial score (nSPS) is 35.6. The molecule has 0 amide bonds. The highest BCUT2D eigenvalue weighted by atomic mass is 15.2. The maximum absolute atomic E-state index is 3.69. The van der Waals surface area contributed by atoms with Gasteiger partial charge >= 0.3 is 0 Å². The summed E-state index contributed by atoms with van der Waals surface area (Å²) in [6.45, 7) is 7.34. The third-order valence-corrected chi connectivity index (χ3v) is 6.27. The highest BCUT2D eigenvalue weighted by molar-refractivity contribution is 5.43. The Bertz CT molecular complexity index is 548. The molecule has 2 aliphatic carbocycles. The average molecular weight is 284 g/mol. The lowest BCUT2D eigenvalue weighted by molar-refractivity contribution is 0.0465. The van der Waals surface area contributed by atoms with Crippen molar-refractivity contribution in [2.75, 3.05) is 20.1 Å². The van der Waals surface area contributed by atoms with E-state index in [2.05, 4.69) is 49.3 Å². The van der Waals surface area contributed by atoms with Crippen LogP contribution in [0, 0.1) is 12.8 Å². The smallest absolute Gasteiger partial charge is 0.0318 e. The lowest BCUT2D eigenvalue weighted by atomic mass is 9.61. The van der Waals surface area contributed by atoms with Crippen LogP contribution in [0.1, 0.15) is 42.9 Å². The van der Waals surface area contributed by atoms with Crippen LogP contribution in [0.3, 0.4) is 0 Å². The molecule has 21 heavy (non-hydrogen) atoms. The van der Waals surface area contributed by atoms with E-state index >= 15 is 0 Å². The summed E-state index contributed by atoms with van der Waals surface area (Å²) in [7, 11) is 2.16. The van der Waals surface area contributed by atoms with Crippen LogP contribution < -0.4 is 5.32 Å². The summed E-state index contributed by atoms with van der Waals surface area (Å²) in [5.74, 6) is 0.992. The minimum atomic E-state index is 0.305. The monoisotopic (exact) mass is 284 g/mol. The zero-order valence-electron chi connectivity index (χ0n) is 13.7. The Balaban J connectivity index is 1.73. The highest BCUT2D eigenvalue weighted by Crippen LogP contribution is 2.46. The van der Waals surface area contributed by atoms with Crippen molar-refractivity contribution in [3.63, 3.8) is 0 Å². The van der Waals surface area contributed by atoms with E-state index < -0.39 is 0 Å². The predicted molar refractivity (Wildman–Crippen MR) is 87.8 cm³/mol. The zero-order valence-corrected chi connectivity index (χ0v) is 13.7. The summed E-state index contributed by atoms with van der Waals surface area (Å²) in [4.78, 5) is 2.80. The molecule has 114 valence electrons. The third kappa shape index (κ3) is 2.15. The molecule has 2 nitrogen and oxygen atoms in total. The summed E-state index contributed by atoms with van der Waals surface area (Å²) in [5.41, 5.74) is 4.92. The summed E-state index contributed by atoms with van der Waals surface area (Å²) in [5, 5.41) is 3.69. The molecule has 1 aliphatic heterocycles. The molecule has 4 rings (SSSR count). The molecule has 2 heteroatoms. The van der Waals surface area contributed by atoms with E-state index in [1.807, 2.05) is 0 Å². The quantitative estimate of drug-likeness (QED) is 0.918. The minimum absolute atomic E-state index is 0.305. The molecular formula is C19H28N2. The van der Waals surface area contributed by atoms with E-state index in [9.17, 15) is 0 Å². The second-order valence-electron chi connectivity index (χ2n) is 7.80. The first kappa shape index (κ1) is 13.8. The van der Waals surface area contributed by atoms with Gasteiger partial charge in [-0.15, -0.1) is 0 Å². The number of rotatable bonds is 3. The molecule has 2 fully saturated rings. The van der Waals surface area contributed by atoms with Gasteiger partial charge in [0.15, 0.2) is 0 Å². The molecule has 1 saturated heterocycles. The molecule has 0 unspecified atom stereocenters. The van der Waals surface area contributed by atoms with Crippen LogP contribution in [0.15, 0.2) is 18.2 Å².